The predicted molar refractivity (Wildman–Crippen MR) is 135 cm³/mol. The van der Waals surface area contributed by atoms with Gasteiger partial charge in [0.2, 0.25) is 0 Å². The van der Waals surface area contributed by atoms with Crippen LogP contribution in [-0.4, -0.2) is 0 Å². The normalized spacial score (nSPS) is 10.9. The number of rotatable bonds is 2. The maximum absolute atomic E-state index is 2.24. The molecular weight excluding hydrogens is 324 g/mol. The molecule has 0 aliphatic heterocycles. The molecule has 0 rings (SSSR count). The van der Waals surface area contributed by atoms with Crippen LogP contribution in [0.4, 0.5) is 0 Å². The summed E-state index contributed by atoms with van der Waals surface area (Å²) in [6, 6.07) is 0. The summed E-state index contributed by atoms with van der Waals surface area (Å²) < 4.78 is 0. The van der Waals surface area contributed by atoms with Gasteiger partial charge in [-0.15, -0.1) is 0 Å². The van der Waals surface area contributed by atoms with Gasteiger partial charge in [0.05, 0.1) is 0 Å². The number of hydrogen-bond acceptors (Lipinski definition) is 0. The average molecular weight is 389 g/mol. The van der Waals surface area contributed by atoms with Gasteiger partial charge in [-0.1, -0.05) is 156 Å². The van der Waals surface area contributed by atoms with Crippen molar-refractivity contribution in [3.63, 3.8) is 0 Å². The summed E-state index contributed by atoms with van der Waals surface area (Å²) in [6.07, 6.45) is 7.76. The summed E-state index contributed by atoms with van der Waals surface area (Å²) in [4.78, 5) is 0. The Morgan fingerprint density at radius 1 is 0.444 bits per heavy atom. The highest BCUT2D eigenvalue weighted by molar-refractivity contribution is 4.56. The molecule has 0 saturated carbocycles. The minimum absolute atomic E-state index is 0.542. The third kappa shape index (κ3) is 104. The summed E-state index contributed by atoms with van der Waals surface area (Å²) >= 11 is 0. The zero-order chi connectivity index (χ0) is 23.3. The van der Waals surface area contributed by atoms with Gasteiger partial charge in [-0.3, -0.25) is 0 Å². The van der Waals surface area contributed by atoms with Gasteiger partial charge >= 0.3 is 0 Å². The topological polar surface area (TPSA) is 0 Å². The average Bonchev–Trinajstić information content (AvgIpc) is 2.54. The summed E-state index contributed by atoms with van der Waals surface area (Å²) in [5, 5.41) is 0. The van der Waals surface area contributed by atoms with Gasteiger partial charge in [0.25, 0.3) is 0 Å². The maximum atomic E-state index is 2.24. The molecule has 0 saturated heterocycles. The predicted octanol–water partition coefficient (Wildman–Crippen LogP) is 11.2. The Kier molecular flexibility index (Phi) is 31.1. The molecule has 0 aromatic carbocycles. The largest absolute Gasteiger partial charge is 0.0654 e. The SMILES string of the molecule is CCC(C)(C)C.CCC(C)(C)C.CCC(C)(C)C.CCC(C)C.CCCC. The van der Waals surface area contributed by atoms with Crippen LogP contribution in [0.1, 0.15) is 156 Å². The van der Waals surface area contributed by atoms with Crippen LogP contribution < -0.4 is 0 Å². The first kappa shape index (κ1) is 37.7. The first-order chi connectivity index (χ1) is 11.9. The Labute approximate surface area is 178 Å². The molecule has 172 valence electrons. The van der Waals surface area contributed by atoms with Crippen LogP contribution in [0.3, 0.4) is 0 Å². The van der Waals surface area contributed by atoms with Crippen LogP contribution in [0.2, 0.25) is 0 Å². The lowest BCUT2D eigenvalue weighted by Crippen LogP contribution is -2.00. The minimum atomic E-state index is 0.542. The van der Waals surface area contributed by atoms with Crippen molar-refractivity contribution in [3.05, 3.63) is 0 Å². The molecule has 0 fully saturated rings. The molecule has 0 heterocycles. The quantitative estimate of drug-likeness (QED) is 0.441. The lowest BCUT2D eigenvalue weighted by atomic mass is 9.94. The van der Waals surface area contributed by atoms with Gasteiger partial charge < -0.3 is 0 Å². The fourth-order valence-electron chi connectivity index (χ4n) is 0. The summed E-state index contributed by atoms with van der Waals surface area (Å²) in [7, 11) is 0. The third-order valence-corrected chi connectivity index (χ3v) is 4.50. The molecular formula is C27H64. The Balaban J connectivity index is -0.0000000753. The molecule has 0 unspecified atom stereocenters. The summed E-state index contributed by atoms with van der Waals surface area (Å²) in [5.74, 6) is 0.884. The lowest BCUT2D eigenvalue weighted by Gasteiger charge is -2.12. The lowest BCUT2D eigenvalue weighted by molar-refractivity contribution is 0.397. The van der Waals surface area contributed by atoms with E-state index in [0.717, 1.165) is 5.92 Å². The highest BCUT2D eigenvalue weighted by Gasteiger charge is 2.04. The van der Waals surface area contributed by atoms with Crippen LogP contribution in [-0.2, 0) is 0 Å². The molecule has 0 bridgehead atoms. The smallest absolute Gasteiger partial charge is 0.0385 e. The fraction of sp³-hybridized carbons (Fsp3) is 1.00. The second kappa shape index (κ2) is 22.3. The Morgan fingerprint density at radius 3 is 0.556 bits per heavy atom. The molecule has 0 amide bonds. The molecule has 0 aliphatic carbocycles. The summed E-state index contributed by atoms with van der Waals surface area (Å²) in [6.45, 7) is 37.8. The molecule has 0 N–H and O–H groups in total. The van der Waals surface area contributed by atoms with Crippen molar-refractivity contribution < 1.29 is 0 Å². The van der Waals surface area contributed by atoms with E-state index in [9.17, 15) is 0 Å². The van der Waals surface area contributed by atoms with Crippen molar-refractivity contribution in [2.75, 3.05) is 0 Å². The van der Waals surface area contributed by atoms with Gasteiger partial charge in [0.15, 0.2) is 0 Å². The van der Waals surface area contributed by atoms with Crippen molar-refractivity contribution in [3.8, 4) is 0 Å². The van der Waals surface area contributed by atoms with Crippen molar-refractivity contribution in [2.24, 2.45) is 22.2 Å². The summed E-state index contributed by atoms with van der Waals surface area (Å²) in [5.41, 5.74) is 1.63. The molecule has 0 heteroatoms. The van der Waals surface area contributed by atoms with Crippen LogP contribution in [0.5, 0.6) is 0 Å². The molecule has 0 aromatic heterocycles. The van der Waals surface area contributed by atoms with Crippen LogP contribution in [0.25, 0.3) is 0 Å². The number of unbranched alkanes of at least 4 members (excludes halogenated alkanes) is 1. The molecule has 0 spiro atoms. The molecule has 0 radical (unpaired) electrons. The van der Waals surface area contributed by atoms with E-state index in [1.165, 1.54) is 38.5 Å². The second-order valence-electron chi connectivity index (χ2n) is 11.5. The molecule has 0 nitrogen and oxygen atoms in total. The van der Waals surface area contributed by atoms with Crippen molar-refractivity contribution in [1.29, 1.82) is 0 Å². The van der Waals surface area contributed by atoms with Crippen LogP contribution in [0.15, 0.2) is 0 Å². The van der Waals surface area contributed by atoms with Crippen LogP contribution >= 0.6 is 0 Å². The highest BCUT2D eigenvalue weighted by atomic mass is 14.1. The van der Waals surface area contributed by atoms with E-state index in [2.05, 4.69) is 118 Å². The Hall–Kier alpha value is 0. The third-order valence-electron chi connectivity index (χ3n) is 4.50. The Bertz CT molecular complexity index is 191. The first-order valence-electron chi connectivity index (χ1n) is 11.9. The van der Waals surface area contributed by atoms with Gasteiger partial charge in [-0.05, 0) is 22.2 Å². The minimum Gasteiger partial charge on any atom is -0.0654 e. The fourth-order valence-corrected chi connectivity index (χ4v) is 0. The van der Waals surface area contributed by atoms with Crippen molar-refractivity contribution in [2.45, 2.75) is 156 Å². The van der Waals surface area contributed by atoms with Gasteiger partial charge in [0.1, 0.15) is 0 Å². The van der Waals surface area contributed by atoms with E-state index in [1.54, 1.807) is 0 Å². The molecule has 0 aliphatic rings. The molecule has 0 aromatic rings. The van der Waals surface area contributed by atoms with Crippen molar-refractivity contribution >= 4 is 0 Å². The van der Waals surface area contributed by atoms with E-state index in [1.807, 2.05) is 0 Å². The van der Waals surface area contributed by atoms with Crippen LogP contribution in [0, 0.1) is 22.2 Å². The monoisotopic (exact) mass is 389 g/mol. The van der Waals surface area contributed by atoms with Gasteiger partial charge in [-0.2, -0.15) is 0 Å². The first-order valence-corrected chi connectivity index (χ1v) is 11.9. The Morgan fingerprint density at radius 2 is 0.556 bits per heavy atom. The van der Waals surface area contributed by atoms with E-state index in [4.69, 9.17) is 0 Å². The second-order valence-corrected chi connectivity index (χ2v) is 11.5. The maximum Gasteiger partial charge on any atom is -0.0385 e. The van der Waals surface area contributed by atoms with Crippen molar-refractivity contribution in [1.82, 2.24) is 0 Å². The van der Waals surface area contributed by atoms with Gasteiger partial charge in [0, 0.05) is 0 Å². The van der Waals surface area contributed by atoms with Gasteiger partial charge in [-0.25, -0.2) is 0 Å². The zero-order valence-corrected chi connectivity index (χ0v) is 23.3. The zero-order valence-electron chi connectivity index (χ0n) is 23.3. The number of hydrogen-bond donors (Lipinski definition) is 0. The van der Waals surface area contributed by atoms with E-state index >= 15 is 0 Å². The van der Waals surface area contributed by atoms with E-state index < -0.39 is 0 Å². The highest BCUT2D eigenvalue weighted by Crippen LogP contribution is 2.17. The molecule has 27 heavy (non-hydrogen) atoms. The van der Waals surface area contributed by atoms with E-state index in [0.29, 0.717) is 16.2 Å². The molecule has 0 atom stereocenters. The standard InChI is InChI=1S/3C6H14.C5H12.C4H10/c3*1-5-6(2,3)4;1-4-5(2)3;1-3-4-2/h3*5H2,1-4H3;5H,4H2,1-3H3;3-4H2,1-2H3. The van der Waals surface area contributed by atoms with E-state index in [-0.39, 0.29) is 0 Å².